The Morgan fingerprint density at radius 2 is 1.75 bits per heavy atom. The van der Waals surface area contributed by atoms with Gasteiger partial charge < -0.3 is 0 Å². The first-order valence-electron chi connectivity index (χ1n) is 5.41. The second-order valence-electron chi connectivity index (χ2n) is 4.00. The standard InChI is InChI=1S/C12H9Cl2F3N2S/c13-9-5-8(11(14)20-9)10(19-18)6-1-3-7(4-2-6)12(15,16)17/h1-5,10,19H,18H2. The van der Waals surface area contributed by atoms with Crippen molar-refractivity contribution in [2.75, 3.05) is 0 Å². The minimum atomic E-state index is -4.37. The van der Waals surface area contributed by atoms with Crippen molar-refractivity contribution in [2.24, 2.45) is 5.84 Å². The highest BCUT2D eigenvalue weighted by Crippen LogP contribution is 2.38. The predicted molar refractivity (Wildman–Crippen MR) is 74.9 cm³/mol. The average molecular weight is 341 g/mol. The molecule has 108 valence electrons. The van der Waals surface area contributed by atoms with Gasteiger partial charge in [0, 0.05) is 5.56 Å². The van der Waals surface area contributed by atoms with Gasteiger partial charge in [0.15, 0.2) is 0 Å². The van der Waals surface area contributed by atoms with Crippen LogP contribution in [-0.4, -0.2) is 0 Å². The summed E-state index contributed by atoms with van der Waals surface area (Å²) in [5, 5.41) is 0. The Morgan fingerprint density at radius 3 is 2.15 bits per heavy atom. The summed E-state index contributed by atoms with van der Waals surface area (Å²) in [6.45, 7) is 0. The zero-order valence-electron chi connectivity index (χ0n) is 9.84. The third-order valence-corrected chi connectivity index (χ3v) is 4.25. The topological polar surface area (TPSA) is 38.0 Å². The average Bonchev–Trinajstić information content (AvgIpc) is 2.69. The smallest absolute Gasteiger partial charge is 0.271 e. The van der Waals surface area contributed by atoms with Crippen LogP contribution in [0.2, 0.25) is 8.67 Å². The number of hydrogen-bond acceptors (Lipinski definition) is 3. The van der Waals surface area contributed by atoms with Crippen molar-refractivity contribution in [2.45, 2.75) is 12.2 Å². The van der Waals surface area contributed by atoms with Crippen molar-refractivity contribution in [1.82, 2.24) is 5.43 Å². The van der Waals surface area contributed by atoms with E-state index < -0.39 is 17.8 Å². The molecule has 1 unspecified atom stereocenters. The number of rotatable bonds is 3. The van der Waals surface area contributed by atoms with Crippen LogP contribution in [0.3, 0.4) is 0 Å². The molecule has 0 bridgehead atoms. The highest BCUT2D eigenvalue weighted by atomic mass is 35.5. The van der Waals surface area contributed by atoms with E-state index in [2.05, 4.69) is 5.43 Å². The van der Waals surface area contributed by atoms with Crippen molar-refractivity contribution in [3.8, 4) is 0 Å². The first kappa shape index (κ1) is 15.6. The van der Waals surface area contributed by atoms with Gasteiger partial charge >= 0.3 is 6.18 Å². The number of nitrogens with one attached hydrogen (secondary N) is 1. The fourth-order valence-electron chi connectivity index (χ4n) is 1.78. The molecule has 1 aromatic carbocycles. The molecule has 0 spiro atoms. The second kappa shape index (κ2) is 5.91. The highest BCUT2D eigenvalue weighted by molar-refractivity contribution is 7.20. The first-order valence-corrected chi connectivity index (χ1v) is 6.98. The third-order valence-electron chi connectivity index (χ3n) is 2.73. The van der Waals surface area contributed by atoms with E-state index in [0.717, 1.165) is 12.1 Å². The molecule has 0 radical (unpaired) electrons. The first-order chi connectivity index (χ1) is 9.32. The van der Waals surface area contributed by atoms with Crippen LogP contribution in [0.25, 0.3) is 0 Å². The van der Waals surface area contributed by atoms with Crippen molar-refractivity contribution in [3.05, 3.63) is 55.7 Å². The summed E-state index contributed by atoms with van der Waals surface area (Å²) in [5.74, 6) is 5.47. The fourth-order valence-corrected chi connectivity index (χ4v) is 3.31. The van der Waals surface area contributed by atoms with Gasteiger partial charge in [-0.1, -0.05) is 35.3 Å². The highest BCUT2D eigenvalue weighted by Gasteiger charge is 2.30. The lowest BCUT2D eigenvalue weighted by Crippen LogP contribution is -2.28. The Labute approximate surface area is 127 Å². The van der Waals surface area contributed by atoms with E-state index >= 15 is 0 Å². The summed E-state index contributed by atoms with van der Waals surface area (Å²) in [5.41, 5.74) is 3.01. The largest absolute Gasteiger partial charge is 0.416 e. The van der Waals surface area contributed by atoms with Crippen molar-refractivity contribution >= 4 is 34.5 Å². The molecular weight excluding hydrogens is 332 g/mol. The predicted octanol–water partition coefficient (Wildman–Crippen LogP) is 4.63. The Bertz CT molecular complexity index is 596. The molecule has 0 saturated heterocycles. The summed E-state index contributed by atoms with van der Waals surface area (Å²) in [7, 11) is 0. The van der Waals surface area contributed by atoms with E-state index in [-0.39, 0.29) is 0 Å². The van der Waals surface area contributed by atoms with Crippen LogP contribution in [0.5, 0.6) is 0 Å². The van der Waals surface area contributed by atoms with Crippen LogP contribution in [0.15, 0.2) is 30.3 Å². The number of halogens is 5. The van der Waals surface area contributed by atoms with Crippen LogP contribution in [0, 0.1) is 0 Å². The van der Waals surface area contributed by atoms with Crippen LogP contribution in [-0.2, 0) is 6.18 Å². The van der Waals surface area contributed by atoms with Gasteiger partial charge in [-0.15, -0.1) is 11.3 Å². The number of hydrazine groups is 1. The molecule has 2 nitrogen and oxygen atoms in total. The molecule has 0 aliphatic carbocycles. The molecule has 8 heteroatoms. The third kappa shape index (κ3) is 3.27. The molecule has 1 atom stereocenters. The fraction of sp³-hybridized carbons (Fsp3) is 0.167. The lowest BCUT2D eigenvalue weighted by Gasteiger charge is -2.16. The number of alkyl halides is 3. The second-order valence-corrected chi connectivity index (χ2v) is 6.28. The number of thiophene rings is 1. The van der Waals surface area contributed by atoms with Gasteiger partial charge in [-0.2, -0.15) is 13.2 Å². The summed E-state index contributed by atoms with van der Waals surface area (Å²) >= 11 is 13.1. The number of nitrogens with two attached hydrogens (primary N) is 1. The Hall–Kier alpha value is -0.790. The number of benzene rings is 1. The number of hydrogen-bond donors (Lipinski definition) is 2. The van der Waals surface area contributed by atoms with E-state index in [1.54, 1.807) is 6.07 Å². The maximum absolute atomic E-state index is 12.5. The van der Waals surface area contributed by atoms with Gasteiger partial charge in [0.05, 0.1) is 20.3 Å². The lowest BCUT2D eigenvalue weighted by atomic mass is 10.0. The van der Waals surface area contributed by atoms with Crippen LogP contribution >= 0.6 is 34.5 Å². The molecule has 2 aromatic rings. The van der Waals surface area contributed by atoms with E-state index in [9.17, 15) is 13.2 Å². The van der Waals surface area contributed by atoms with Gasteiger partial charge in [-0.3, -0.25) is 5.84 Å². The molecule has 1 heterocycles. The summed E-state index contributed by atoms with van der Waals surface area (Å²) in [6.07, 6.45) is -4.37. The van der Waals surface area contributed by atoms with Gasteiger partial charge in [-0.05, 0) is 23.8 Å². The molecule has 3 N–H and O–H groups in total. The molecule has 0 aliphatic heterocycles. The van der Waals surface area contributed by atoms with Gasteiger partial charge in [0.2, 0.25) is 0 Å². The zero-order valence-corrected chi connectivity index (χ0v) is 12.2. The van der Waals surface area contributed by atoms with E-state index in [4.69, 9.17) is 29.0 Å². The minimum absolute atomic E-state index is 0.442. The molecule has 20 heavy (non-hydrogen) atoms. The van der Waals surface area contributed by atoms with Crippen molar-refractivity contribution in [1.29, 1.82) is 0 Å². The Kier molecular flexibility index (Phi) is 4.61. The van der Waals surface area contributed by atoms with Gasteiger partial charge in [0.1, 0.15) is 0 Å². The monoisotopic (exact) mass is 340 g/mol. The van der Waals surface area contributed by atoms with Crippen LogP contribution < -0.4 is 11.3 Å². The van der Waals surface area contributed by atoms with Crippen molar-refractivity contribution < 1.29 is 13.2 Å². The minimum Gasteiger partial charge on any atom is -0.271 e. The molecule has 0 amide bonds. The normalized spacial score (nSPS) is 13.5. The van der Waals surface area contributed by atoms with E-state index in [0.29, 0.717) is 19.8 Å². The maximum atomic E-state index is 12.5. The van der Waals surface area contributed by atoms with Gasteiger partial charge in [0.25, 0.3) is 0 Å². The quantitative estimate of drug-likeness (QED) is 0.631. The Morgan fingerprint density at radius 1 is 1.15 bits per heavy atom. The molecule has 0 saturated carbocycles. The summed E-state index contributed by atoms with van der Waals surface area (Å²) < 4.78 is 38.5. The van der Waals surface area contributed by atoms with Crippen LogP contribution in [0.1, 0.15) is 22.7 Å². The Balaban J connectivity index is 2.35. The molecule has 0 fully saturated rings. The SMILES string of the molecule is NNC(c1ccc(C(F)(F)F)cc1)c1cc(Cl)sc1Cl. The molecule has 1 aromatic heterocycles. The van der Waals surface area contributed by atoms with E-state index in [1.807, 2.05) is 0 Å². The molecular formula is C12H9Cl2F3N2S. The lowest BCUT2D eigenvalue weighted by molar-refractivity contribution is -0.137. The zero-order chi connectivity index (χ0) is 14.9. The molecule has 2 rings (SSSR count). The summed E-state index contributed by atoms with van der Waals surface area (Å²) in [4.78, 5) is 0. The van der Waals surface area contributed by atoms with Crippen LogP contribution in [0.4, 0.5) is 13.2 Å². The molecule has 0 aliphatic rings. The maximum Gasteiger partial charge on any atom is 0.416 e. The summed E-state index contributed by atoms with van der Waals surface area (Å²) in [6, 6.07) is 5.83. The van der Waals surface area contributed by atoms with Gasteiger partial charge in [-0.25, -0.2) is 5.43 Å². The van der Waals surface area contributed by atoms with Crippen molar-refractivity contribution in [3.63, 3.8) is 0 Å². The van der Waals surface area contributed by atoms with E-state index in [1.165, 1.54) is 23.5 Å².